The molecule has 3 nitrogen and oxygen atoms in total. The average Bonchev–Trinajstić information content (AvgIpc) is 2.66. The number of allylic oxidation sites excluding steroid dienone is 1. The fourth-order valence-corrected chi connectivity index (χ4v) is 1.61. The van der Waals surface area contributed by atoms with Gasteiger partial charge in [-0.25, -0.2) is 4.98 Å². The number of rotatable bonds is 4. The lowest BCUT2D eigenvalue weighted by molar-refractivity contribution is 0.833. The quantitative estimate of drug-likeness (QED) is 0.820. The standard InChI is InChI=1S/C12H12ClN3/c1-2-7-16-8-6-14-12(16)15-11-5-3-4-10(13)9-11/h2-6,8-9H,1,7H2,(H,14,15). The molecule has 0 spiro atoms. The number of hydrogen-bond donors (Lipinski definition) is 1. The highest BCUT2D eigenvalue weighted by atomic mass is 35.5. The summed E-state index contributed by atoms with van der Waals surface area (Å²) in [5, 5.41) is 3.90. The third kappa shape index (κ3) is 2.44. The molecule has 2 aromatic rings. The highest BCUT2D eigenvalue weighted by Gasteiger charge is 2.01. The van der Waals surface area contributed by atoms with Gasteiger partial charge in [-0.2, -0.15) is 0 Å². The normalized spacial score (nSPS) is 10.1. The van der Waals surface area contributed by atoms with Crippen LogP contribution < -0.4 is 5.32 Å². The van der Waals surface area contributed by atoms with Crippen molar-refractivity contribution in [2.45, 2.75) is 6.54 Å². The van der Waals surface area contributed by atoms with Gasteiger partial charge in [0.25, 0.3) is 0 Å². The number of nitrogens with zero attached hydrogens (tertiary/aromatic N) is 2. The first-order valence-corrected chi connectivity index (χ1v) is 5.32. The third-order valence-electron chi connectivity index (χ3n) is 2.12. The van der Waals surface area contributed by atoms with Crippen molar-refractivity contribution in [1.29, 1.82) is 0 Å². The van der Waals surface area contributed by atoms with E-state index in [1.807, 2.05) is 41.1 Å². The number of hydrogen-bond acceptors (Lipinski definition) is 2. The van der Waals surface area contributed by atoms with Crippen molar-refractivity contribution in [2.75, 3.05) is 5.32 Å². The van der Waals surface area contributed by atoms with Gasteiger partial charge in [-0.1, -0.05) is 23.7 Å². The van der Waals surface area contributed by atoms with E-state index in [-0.39, 0.29) is 0 Å². The fourth-order valence-electron chi connectivity index (χ4n) is 1.41. The number of benzene rings is 1. The maximum absolute atomic E-state index is 5.90. The molecule has 0 unspecified atom stereocenters. The van der Waals surface area contributed by atoms with Crippen LogP contribution >= 0.6 is 11.6 Å². The van der Waals surface area contributed by atoms with Gasteiger partial charge in [-0.05, 0) is 18.2 Å². The smallest absolute Gasteiger partial charge is 0.207 e. The minimum Gasteiger partial charge on any atom is -0.326 e. The van der Waals surface area contributed by atoms with Crippen molar-refractivity contribution in [1.82, 2.24) is 9.55 Å². The van der Waals surface area contributed by atoms with Crippen LogP contribution in [0.25, 0.3) is 0 Å². The van der Waals surface area contributed by atoms with Crippen LogP contribution in [0.1, 0.15) is 0 Å². The Labute approximate surface area is 99.4 Å². The van der Waals surface area contributed by atoms with E-state index in [4.69, 9.17) is 11.6 Å². The zero-order chi connectivity index (χ0) is 11.4. The molecular formula is C12H12ClN3. The molecule has 2 rings (SSSR count). The Morgan fingerprint density at radius 1 is 1.50 bits per heavy atom. The minimum absolute atomic E-state index is 0.701. The molecule has 0 fully saturated rings. The Balaban J connectivity index is 2.20. The number of nitrogens with one attached hydrogen (secondary N) is 1. The molecule has 0 saturated carbocycles. The Hall–Kier alpha value is -1.74. The van der Waals surface area contributed by atoms with Gasteiger partial charge >= 0.3 is 0 Å². The summed E-state index contributed by atoms with van der Waals surface area (Å²) < 4.78 is 1.97. The maximum Gasteiger partial charge on any atom is 0.207 e. The summed E-state index contributed by atoms with van der Waals surface area (Å²) in [5.41, 5.74) is 0.920. The SMILES string of the molecule is C=CCn1ccnc1Nc1cccc(Cl)c1. The van der Waals surface area contributed by atoms with Crippen molar-refractivity contribution in [3.8, 4) is 0 Å². The molecule has 1 aromatic heterocycles. The largest absolute Gasteiger partial charge is 0.326 e. The van der Waals surface area contributed by atoms with Gasteiger partial charge in [0, 0.05) is 29.6 Å². The van der Waals surface area contributed by atoms with Crippen LogP contribution in [-0.2, 0) is 6.54 Å². The summed E-state index contributed by atoms with van der Waals surface area (Å²) in [6, 6.07) is 7.53. The van der Waals surface area contributed by atoms with Crippen molar-refractivity contribution < 1.29 is 0 Å². The number of aromatic nitrogens is 2. The maximum atomic E-state index is 5.90. The molecule has 4 heteroatoms. The zero-order valence-corrected chi connectivity index (χ0v) is 9.48. The van der Waals surface area contributed by atoms with Crippen LogP contribution in [0.2, 0.25) is 5.02 Å². The van der Waals surface area contributed by atoms with Crippen LogP contribution in [0, 0.1) is 0 Å². The summed E-state index contributed by atoms with van der Waals surface area (Å²) in [5.74, 6) is 0.780. The fraction of sp³-hybridized carbons (Fsp3) is 0.0833. The van der Waals surface area contributed by atoms with Crippen LogP contribution in [0.3, 0.4) is 0 Å². The van der Waals surface area contributed by atoms with Gasteiger partial charge in [-0.3, -0.25) is 0 Å². The first kappa shape index (κ1) is 10.8. The van der Waals surface area contributed by atoms with Crippen molar-refractivity contribution in [3.05, 3.63) is 54.3 Å². The van der Waals surface area contributed by atoms with Crippen molar-refractivity contribution in [2.24, 2.45) is 0 Å². The van der Waals surface area contributed by atoms with Crippen molar-refractivity contribution >= 4 is 23.2 Å². The lowest BCUT2D eigenvalue weighted by atomic mass is 10.3. The summed E-state index contributed by atoms with van der Waals surface area (Å²) >= 11 is 5.90. The molecule has 16 heavy (non-hydrogen) atoms. The summed E-state index contributed by atoms with van der Waals surface area (Å²) in [6.45, 7) is 4.43. The van der Waals surface area contributed by atoms with E-state index in [0.717, 1.165) is 18.2 Å². The van der Waals surface area contributed by atoms with E-state index < -0.39 is 0 Å². The van der Waals surface area contributed by atoms with E-state index >= 15 is 0 Å². The highest BCUT2D eigenvalue weighted by molar-refractivity contribution is 6.30. The second-order valence-electron chi connectivity index (χ2n) is 3.33. The minimum atomic E-state index is 0.701. The van der Waals surface area contributed by atoms with E-state index in [0.29, 0.717) is 5.02 Å². The van der Waals surface area contributed by atoms with Gasteiger partial charge in [-0.15, -0.1) is 6.58 Å². The average molecular weight is 234 g/mol. The molecule has 0 radical (unpaired) electrons. The van der Waals surface area contributed by atoms with Crippen LogP contribution in [-0.4, -0.2) is 9.55 Å². The third-order valence-corrected chi connectivity index (χ3v) is 2.36. The summed E-state index contributed by atoms with van der Waals surface area (Å²) in [4.78, 5) is 4.22. The molecule has 0 aliphatic rings. The molecule has 0 atom stereocenters. The Morgan fingerprint density at radius 3 is 3.12 bits per heavy atom. The molecule has 0 bridgehead atoms. The Kier molecular flexibility index (Phi) is 3.27. The molecule has 0 amide bonds. The Morgan fingerprint density at radius 2 is 2.38 bits per heavy atom. The van der Waals surface area contributed by atoms with E-state index in [1.54, 1.807) is 6.20 Å². The molecular weight excluding hydrogens is 222 g/mol. The van der Waals surface area contributed by atoms with Gasteiger partial charge in [0.15, 0.2) is 0 Å². The predicted octanol–water partition coefficient (Wildman–Crippen LogP) is 3.47. The summed E-state index contributed by atoms with van der Waals surface area (Å²) in [6.07, 6.45) is 5.47. The van der Waals surface area contributed by atoms with Crippen LogP contribution in [0.4, 0.5) is 11.6 Å². The first-order valence-electron chi connectivity index (χ1n) is 4.94. The number of anilines is 2. The Bertz CT molecular complexity index is 491. The molecule has 82 valence electrons. The van der Waals surface area contributed by atoms with Gasteiger partial charge in [0.1, 0.15) is 0 Å². The monoisotopic (exact) mass is 233 g/mol. The zero-order valence-electron chi connectivity index (χ0n) is 8.73. The lowest BCUT2D eigenvalue weighted by Gasteiger charge is -2.07. The number of halogens is 1. The molecule has 1 N–H and O–H groups in total. The molecule has 1 heterocycles. The van der Waals surface area contributed by atoms with Gasteiger partial charge in [0.05, 0.1) is 0 Å². The number of imidazole rings is 1. The van der Waals surface area contributed by atoms with E-state index in [2.05, 4.69) is 16.9 Å². The van der Waals surface area contributed by atoms with Gasteiger partial charge < -0.3 is 9.88 Å². The second kappa shape index (κ2) is 4.86. The van der Waals surface area contributed by atoms with E-state index in [9.17, 15) is 0 Å². The molecule has 0 aliphatic carbocycles. The van der Waals surface area contributed by atoms with Gasteiger partial charge in [0.2, 0.25) is 5.95 Å². The van der Waals surface area contributed by atoms with Crippen molar-refractivity contribution in [3.63, 3.8) is 0 Å². The summed E-state index contributed by atoms with van der Waals surface area (Å²) in [7, 11) is 0. The first-order chi connectivity index (χ1) is 7.79. The highest BCUT2D eigenvalue weighted by Crippen LogP contribution is 2.18. The molecule has 0 saturated heterocycles. The van der Waals surface area contributed by atoms with Crippen LogP contribution in [0.15, 0.2) is 49.3 Å². The van der Waals surface area contributed by atoms with Crippen LogP contribution in [0.5, 0.6) is 0 Å². The topological polar surface area (TPSA) is 29.9 Å². The molecule has 0 aliphatic heterocycles. The molecule has 1 aromatic carbocycles. The lowest BCUT2D eigenvalue weighted by Crippen LogP contribution is -2.01. The second-order valence-corrected chi connectivity index (χ2v) is 3.76. The predicted molar refractivity (Wildman–Crippen MR) is 67.2 cm³/mol. The van der Waals surface area contributed by atoms with E-state index in [1.165, 1.54) is 0 Å².